The van der Waals surface area contributed by atoms with Gasteiger partial charge in [0.25, 0.3) is 0 Å². The zero-order valence-corrected chi connectivity index (χ0v) is 12.7. The first-order valence-corrected chi connectivity index (χ1v) is 6.72. The van der Waals surface area contributed by atoms with Crippen molar-refractivity contribution in [2.24, 2.45) is 0 Å². The number of nitrogens with zero attached hydrogens (tertiary/aromatic N) is 1. The fourth-order valence-electron chi connectivity index (χ4n) is 1.86. The van der Waals surface area contributed by atoms with E-state index in [1.165, 1.54) is 0 Å². The van der Waals surface area contributed by atoms with E-state index in [-0.39, 0.29) is 5.56 Å². The molecule has 0 heterocycles. The van der Waals surface area contributed by atoms with Gasteiger partial charge in [0.2, 0.25) is 0 Å². The van der Waals surface area contributed by atoms with Crippen LogP contribution in [0.3, 0.4) is 0 Å². The Morgan fingerprint density at radius 3 is 2.60 bits per heavy atom. The zero-order valence-electron chi connectivity index (χ0n) is 11.1. The van der Waals surface area contributed by atoms with Gasteiger partial charge in [0.1, 0.15) is 5.75 Å². The van der Waals surface area contributed by atoms with E-state index in [0.717, 1.165) is 21.6 Å². The molecule has 0 saturated heterocycles. The van der Waals surface area contributed by atoms with Crippen LogP contribution in [0.5, 0.6) is 5.75 Å². The highest BCUT2D eigenvalue weighted by Gasteiger charge is 2.10. The number of methoxy groups -OCH3 is 1. The number of hydrogen-bond donors (Lipinski definition) is 1. The van der Waals surface area contributed by atoms with Gasteiger partial charge in [-0.15, -0.1) is 0 Å². The maximum Gasteiger partial charge on any atom is 0.335 e. The number of ether oxygens (including phenoxy) is 1. The number of carboxylic acid groups (broad SMARTS) is 1. The second-order valence-electron chi connectivity index (χ2n) is 4.26. The number of rotatable bonds is 4. The van der Waals surface area contributed by atoms with Crippen molar-refractivity contribution in [3.05, 3.63) is 52.5 Å². The lowest BCUT2D eigenvalue weighted by Crippen LogP contribution is -2.10. The number of benzene rings is 2. The first-order chi connectivity index (χ1) is 9.51. The summed E-state index contributed by atoms with van der Waals surface area (Å²) in [6.07, 6.45) is 0. The molecule has 0 bridgehead atoms. The van der Waals surface area contributed by atoms with Crippen LogP contribution in [0.4, 0.5) is 11.4 Å². The van der Waals surface area contributed by atoms with E-state index in [1.807, 2.05) is 42.3 Å². The van der Waals surface area contributed by atoms with Gasteiger partial charge in [-0.1, -0.05) is 22.0 Å². The smallest absolute Gasteiger partial charge is 0.335 e. The van der Waals surface area contributed by atoms with E-state index in [0.29, 0.717) is 0 Å². The molecule has 20 heavy (non-hydrogen) atoms. The number of carbonyl (C=O) groups is 1. The predicted octanol–water partition coefficient (Wildman–Crippen LogP) is 3.92. The van der Waals surface area contributed by atoms with Crippen molar-refractivity contribution in [2.45, 2.75) is 0 Å². The van der Waals surface area contributed by atoms with Crippen molar-refractivity contribution in [3.63, 3.8) is 0 Å². The lowest BCUT2D eigenvalue weighted by atomic mass is 10.1. The first-order valence-electron chi connectivity index (χ1n) is 5.93. The molecule has 2 aromatic carbocycles. The summed E-state index contributed by atoms with van der Waals surface area (Å²) in [5.41, 5.74) is 1.94. The molecule has 0 aromatic heterocycles. The van der Waals surface area contributed by atoms with Gasteiger partial charge in [0, 0.05) is 29.0 Å². The minimum atomic E-state index is -0.952. The van der Waals surface area contributed by atoms with Gasteiger partial charge in [-0.3, -0.25) is 0 Å². The molecule has 0 aliphatic carbocycles. The molecule has 1 N–H and O–H groups in total. The van der Waals surface area contributed by atoms with Gasteiger partial charge in [0.05, 0.1) is 12.7 Å². The van der Waals surface area contributed by atoms with Crippen LogP contribution in [0.15, 0.2) is 46.9 Å². The second-order valence-corrected chi connectivity index (χ2v) is 5.18. The zero-order chi connectivity index (χ0) is 14.7. The van der Waals surface area contributed by atoms with Crippen LogP contribution >= 0.6 is 15.9 Å². The molecule has 0 spiro atoms. The standard InChI is InChI=1S/C15H14BrNO3/c1-17(12-4-3-5-14(9-12)20-2)13-7-10(15(18)19)6-11(16)8-13/h3-9H,1-2H3,(H,18,19). The first kappa shape index (κ1) is 14.4. The largest absolute Gasteiger partial charge is 0.497 e. The maximum absolute atomic E-state index is 11.1. The fourth-order valence-corrected chi connectivity index (χ4v) is 2.34. The van der Waals surface area contributed by atoms with E-state index in [1.54, 1.807) is 19.2 Å². The summed E-state index contributed by atoms with van der Waals surface area (Å²) in [5.74, 6) is -0.200. The quantitative estimate of drug-likeness (QED) is 0.919. The molecular weight excluding hydrogens is 322 g/mol. The van der Waals surface area contributed by atoms with Crippen molar-refractivity contribution in [2.75, 3.05) is 19.1 Å². The highest BCUT2D eigenvalue weighted by molar-refractivity contribution is 9.10. The predicted molar refractivity (Wildman–Crippen MR) is 82.2 cm³/mol. The summed E-state index contributed by atoms with van der Waals surface area (Å²) in [6.45, 7) is 0. The van der Waals surface area contributed by atoms with Crippen molar-refractivity contribution >= 4 is 33.3 Å². The lowest BCUT2D eigenvalue weighted by Gasteiger charge is -2.20. The number of aromatic carboxylic acids is 1. The van der Waals surface area contributed by atoms with Crippen LogP contribution in [0.25, 0.3) is 0 Å². The van der Waals surface area contributed by atoms with Crippen molar-refractivity contribution < 1.29 is 14.6 Å². The minimum Gasteiger partial charge on any atom is -0.497 e. The monoisotopic (exact) mass is 335 g/mol. The van der Waals surface area contributed by atoms with Crippen LogP contribution in [-0.2, 0) is 0 Å². The Morgan fingerprint density at radius 2 is 1.95 bits per heavy atom. The summed E-state index contributed by atoms with van der Waals surface area (Å²) in [5, 5.41) is 9.11. The average molecular weight is 336 g/mol. The Labute approximate surface area is 125 Å². The lowest BCUT2D eigenvalue weighted by molar-refractivity contribution is 0.0697. The molecule has 0 saturated carbocycles. The maximum atomic E-state index is 11.1. The third-order valence-electron chi connectivity index (χ3n) is 2.96. The second kappa shape index (κ2) is 5.96. The summed E-state index contributed by atoms with van der Waals surface area (Å²) in [7, 11) is 3.49. The molecular formula is C15H14BrNO3. The number of carboxylic acids is 1. The van der Waals surface area contributed by atoms with Gasteiger partial charge >= 0.3 is 5.97 Å². The van der Waals surface area contributed by atoms with E-state index >= 15 is 0 Å². The number of anilines is 2. The van der Waals surface area contributed by atoms with Crippen molar-refractivity contribution in [1.29, 1.82) is 0 Å². The molecule has 2 aromatic rings. The van der Waals surface area contributed by atoms with Crippen molar-refractivity contribution in [3.8, 4) is 5.75 Å². The third kappa shape index (κ3) is 3.11. The molecule has 0 amide bonds. The van der Waals surface area contributed by atoms with Crippen LogP contribution in [-0.4, -0.2) is 25.2 Å². The Bertz CT molecular complexity index is 643. The van der Waals surface area contributed by atoms with Crippen LogP contribution < -0.4 is 9.64 Å². The van der Waals surface area contributed by atoms with E-state index < -0.39 is 5.97 Å². The Hall–Kier alpha value is -2.01. The van der Waals surface area contributed by atoms with Crippen LogP contribution in [0.2, 0.25) is 0 Å². The normalized spacial score (nSPS) is 10.2. The highest BCUT2D eigenvalue weighted by Crippen LogP contribution is 2.29. The highest BCUT2D eigenvalue weighted by atomic mass is 79.9. The minimum absolute atomic E-state index is 0.240. The van der Waals surface area contributed by atoms with Crippen LogP contribution in [0.1, 0.15) is 10.4 Å². The van der Waals surface area contributed by atoms with Gasteiger partial charge in [0.15, 0.2) is 0 Å². The average Bonchev–Trinajstić information content (AvgIpc) is 2.45. The van der Waals surface area contributed by atoms with E-state index in [9.17, 15) is 4.79 Å². The molecule has 0 aliphatic rings. The summed E-state index contributed by atoms with van der Waals surface area (Å²) < 4.78 is 5.92. The Morgan fingerprint density at radius 1 is 1.20 bits per heavy atom. The summed E-state index contributed by atoms with van der Waals surface area (Å²) in [6, 6.07) is 12.6. The van der Waals surface area contributed by atoms with Gasteiger partial charge in [-0.25, -0.2) is 4.79 Å². The molecule has 4 nitrogen and oxygen atoms in total. The Balaban J connectivity index is 2.41. The molecule has 0 atom stereocenters. The van der Waals surface area contributed by atoms with Gasteiger partial charge in [-0.05, 0) is 30.3 Å². The van der Waals surface area contributed by atoms with Crippen molar-refractivity contribution in [1.82, 2.24) is 0 Å². The third-order valence-corrected chi connectivity index (χ3v) is 3.42. The van der Waals surface area contributed by atoms with Crippen LogP contribution in [0, 0.1) is 0 Å². The molecule has 0 unspecified atom stereocenters. The molecule has 5 heteroatoms. The van der Waals surface area contributed by atoms with Gasteiger partial charge in [-0.2, -0.15) is 0 Å². The van der Waals surface area contributed by atoms with Gasteiger partial charge < -0.3 is 14.7 Å². The molecule has 2 rings (SSSR count). The Kier molecular flexibility index (Phi) is 4.29. The fraction of sp³-hybridized carbons (Fsp3) is 0.133. The summed E-state index contributed by atoms with van der Waals surface area (Å²) >= 11 is 3.34. The molecule has 0 radical (unpaired) electrons. The number of halogens is 1. The molecule has 104 valence electrons. The molecule has 0 aliphatic heterocycles. The van der Waals surface area contributed by atoms with E-state index in [2.05, 4.69) is 15.9 Å². The van der Waals surface area contributed by atoms with E-state index in [4.69, 9.17) is 9.84 Å². The summed E-state index contributed by atoms with van der Waals surface area (Å²) in [4.78, 5) is 13.0. The number of hydrogen-bond acceptors (Lipinski definition) is 3. The SMILES string of the molecule is COc1cccc(N(C)c2cc(Br)cc(C(=O)O)c2)c1. The topological polar surface area (TPSA) is 49.8 Å². The molecule has 0 fully saturated rings.